The molecule has 0 radical (unpaired) electrons. The van der Waals surface area contributed by atoms with E-state index in [1.165, 1.54) is 12.8 Å². The van der Waals surface area contributed by atoms with Crippen molar-refractivity contribution in [2.75, 3.05) is 19.4 Å². The summed E-state index contributed by atoms with van der Waals surface area (Å²) in [5, 5.41) is 2.96. The van der Waals surface area contributed by atoms with Crippen LogP contribution in [0.3, 0.4) is 0 Å². The smallest absolute Gasteiger partial charge is 0.255 e. The number of carbonyl (C=O) groups is 1. The predicted octanol–water partition coefficient (Wildman–Crippen LogP) is 3.16. The van der Waals surface area contributed by atoms with E-state index in [1.54, 1.807) is 6.20 Å². The fourth-order valence-corrected chi connectivity index (χ4v) is 2.81. The van der Waals surface area contributed by atoms with Crippen molar-refractivity contribution in [2.24, 2.45) is 5.41 Å². The maximum Gasteiger partial charge on any atom is 0.255 e. The van der Waals surface area contributed by atoms with Crippen LogP contribution < -0.4 is 5.32 Å². The maximum atomic E-state index is 12.5. The maximum absolute atomic E-state index is 12.5. The minimum atomic E-state index is 0.0739. The van der Waals surface area contributed by atoms with Crippen molar-refractivity contribution in [2.45, 2.75) is 45.6 Å². The lowest BCUT2D eigenvalue weighted by Gasteiger charge is -2.38. The van der Waals surface area contributed by atoms with Crippen LogP contribution >= 0.6 is 0 Å². The van der Waals surface area contributed by atoms with Gasteiger partial charge < -0.3 is 10.2 Å². The van der Waals surface area contributed by atoms with Crippen LogP contribution in [-0.4, -0.2) is 35.9 Å². The molecule has 1 aromatic heterocycles. The molecule has 110 valence electrons. The summed E-state index contributed by atoms with van der Waals surface area (Å²) in [7, 11) is 3.73. The zero-order valence-electron chi connectivity index (χ0n) is 12.9. The molecule has 1 aromatic rings. The number of nitrogens with one attached hydrogen (secondary N) is 1. The van der Waals surface area contributed by atoms with Gasteiger partial charge in [0.05, 0.1) is 5.56 Å². The Kier molecular flexibility index (Phi) is 4.31. The molecule has 1 aliphatic carbocycles. The molecule has 0 atom stereocenters. The second-order valence-corrected chi connectivity index (χ2v) is 6.49. The summed E-state index contributed by atoms with van der Waals surface area (Å²) >= 11 is 0. The lowest BCUT2D eigenvalue weighted by Crippen LogP contribution is -2.40. The van der Waals surface area contributed by atoms with Gasteiger partial charge in [-0.2, -0.15) is 0 Å². The summed E-state index contributed by atoms with van der Waals surface area (Å²) < 4.78 is 0. The van der Waals surface area contributed by atoms with Gasteiger partial charge in [0.25, 0.3) is 5.91 Å². The highest BCUT2D eigenvalue weighted by Crippen LogP contribution is 2.36. The number of pyridine rings is 1. The minimum absolute atomic E-state index is 0.0739. The van der Waals surface area contributed by atoms with Crippen molar-refractivity contribution in [3.8, 4) is 0 Å². The molecule has 0 unspecified atom stereocenters. The van der Waals surface area contributed by atoms with Crippen LogP contribution in [0.1, 0.15) is 49.9 Å². The standard InChI is InChI=1S/C16H25N3O/c1-16(2)9-7-13(8-10-16)19(4)15(20)12-5-6-14(17-3)18-11-12/h5-6,11,13H,7-10H2,1-4H3,(H,17,18). The summed E-state index contributed by atoms with van der Waals surface area (Å²) in [6.45, 7) is 4.62. The number of carbonyl (C=O) groups excluding carboxylic acids is 1. The van der Waals surface area contributed by atoms with Gasteiger partial charge in [0.15, 0.2) is 0 Å². The van der Waals surface area contributed by atoms with Gasteiger partial charge in [-0.3, -0.25) is 4.79 Å². The Hall–Kier alpha value is -1.58. The first-order valence-corrected chi connectivity index (χ1v) is 7.34. The topological polar surface area (TPSA) is 45.2 Å². The van der Waals surface area contributed by atoms with E-state index in [4.69, 9.17) is 0 Å². The van der Waals surface area contributed by atoms with Crippen LogP contribution in [0.4, 0.5) is 5.82 Å². The molecule has 1 N–H and O–H groups in total. The number of aromatic nitrogens is 1. The number of hydrogen-bond acceptors (Lipinski definition) is 3. The van der Waals surface area contributed by atoms with Crippen molar-refractivity contribution in [1.82, 2.24) is 9.88 Å². The van der Waals surface area contributed by atoms with Crippen molar-refractivity contribution in [1.29, 1.82) is 0 Å². The highest BCUT2D eigenvalue weighted by Gasteiger charge is 2.30. The number of amides is 1. The molecule has 4 heteroatoms. The van der Waals surface area contributed by atoms with Crippen molar-refractivity contribution < 1.29 is 4.79 Å². The molecule has 1 saturated carbocycles. The molecular formula is C16H25N3O. The van der Waals surface area contributed by atoms with Gasteiger partial charge in [-0.1, -0.05) is 13.8 Å². The first-order chi connectivity index (χ1) is 9.43. The molecule has 4 nitrogen and oxygen atoms in total. The van der Waals surface area contributed by atoms with E-state index in [-0.39, 0.29) is 5.91 Å². The monoisotopic (exact) mass is 275 g/mol. The average Bonchev–Trinajstić information content (AvgIpc) is 2.46. The van der Waals surface area contributed by atoms with Crippen LogP contribution in [-0.2, 0) is 0 Å². The van der Waals surface area contributed by atoms with Gasteiger partial charge >= 0.3 is 0 Å². The minimum Gasteiger partial charge on any atom is -0.373 e. The molecule has 2 rings (SSSR count). The Morgan fingerprint density at radius 3 is 2.50 bits per heavy atom. The fraction of sp³-hybridized carbons (Fsp3) is 0.625. The summed E-state index contributed by atoms with van der Waals surface area (Å²) in [6, 6.07) is 4.04. The van der Waals surface area contributed by atoms with E-state index >= 15 is 0 Å². The third kappa shape index (κ3) is 3.30. The summed E-state index contributed by atoms with van der Waals surface area (Å²) in [6.07, 6.45) is 6.21. The lowest BCUT2D eigenvalue weighted by atomic mass is 9.75. The lowest BCUT2D eigenvalue weighted by molar-refractivity contribution is 0.0635. The summed E-state index contributed by atoms with van der Waals surface area (Å²) in [4.78, 5) is 18.6. The van der Waals surface area contributed by atoms with E-state index in [1.807, 2.05) is 31.1 Å². The van der Waals surface area contributed by atoms with E-state index in [2.05, 4.69) is 24.1 Å². The normalized spacial score (nSPS) is 18.6. The second kappa shape index (κ2) is 5.81. The van der Waals surface area contributed by atoms with E-state index in [0.29, 0.717) is 17.0 Å². The largest absolute Gasteiger partial charge is 0.373 e. The molecule has 0 spiro atoms. The quantitative estimate of drug-likeness (QED) is 0.921. The fourth-order valence-electron chi connectivity index (χ4n) is 2.81. The van der Waals surface area contributed by atoms with Gasteiger partial charge in [0, 0.05) is 26.3 Å². The molecule has 1 aliphatic rings. The Balaban J connectivity index is 2.01. The third-order valence-electron chi connectivity index (χ3n) is 4.44. The molecule has 1 heterocycles. The van der Waals surface area contributed by atoms with Crippen LogP contribution in [0.25, 0.3) is 0 Å². The molecule has 0 saturated heterocycles. The predicted molar refractivity (Wildman–Crippen MR) is 81.9 cm³/mol. The molecule has 0 aliphatic heterocycles. The van der Waals surface area contributed by atoms with Crippen LogP contribution in [0.15, 0.2) is 18.3 Å². The zero-order chi connectivity index (χ0) is 14.8. The highest BCUT2D eigenvalue weighted by atomic mass is 16.2. The second-order valence-electron chi connectivity index (χ2n) is 6.49. The van der Waals surface area contributed by atoms with Gasteiger partial charge in [-0.05, 0) is 43.2 Å². The zero-order valence-corrected chi connectivity index (χ0v) is 12.9. The molecule has 0 bridgehead atoms. The van der Waals surface area contributed by atoms with E-state index in [9.17, 15) is 4.79 Å². The van der Waals surface area contributed by atoms with E-state index in [0.717, 1.165) is 18.7 Å². The molecule has 1 fully saturated rings. The van der Waals surface area contributed by atoms with E-state index < -0.39 is 0 Å². The number of anilines is 1. The SMILES string of the molecule is CNc1ccc(C(=O)N(C)C2CCC(C)(C)CC2)cn1. The Morgan fingerprint density at radius 1 is 1.35 bits per heavy atom. The molecule has 20 heavy (non-hydrogen) atoms. The molecule has 0 aromatic carbocycles. The first-order valence-electron chi connectivity index (χ1n) is 7.34. The Bertz CT molecular complexity index is 457. The summed E-state index contributed by atoms with van der Waals surface area (Å²) in [5.41, 5.74) is 1.09. The number of nitrogens with zero attached hydrogens (tertiary/aromatic N) is 2. The third-order valence-corrected chi connectivity index (χ3v) is 4.44. The van der Waals surface area contributed by atoms with Gasteiger partial charge in [0.1, 0.15) is 5.82 Å². The van der Waals surface area contributed by atoms with Gasteiger partial charge in [0.2, 0.25) is 0 Å². The number of hydrogen-bond donors (Lipinski definition) is 1. The van der Waals surface area contributed by atoms with Crippen LogP contribution in [0.5, 0.6) is 0 Å². The highest BCUT2D eigenvalue weighted by molar-refractivity contribution is 5.94. The van der Waals surface area contributed by atoms with Crippen LogP contribution in [0.2, 0.25) is 0 Å². The van der Waals surface area contributed by atoms with Crippen molar-refractivity contribution >= 4 is 11.7 Å². The van der Waals surface area contributed by atoms with Gasteiger partial charge in [-0.15, -0.1) is 0 Å². The Labute approximate surface area is 121 Å². The van der Waals surface area contributed by atoms with Crippen molar-refractivity contribution in [3.63, 3.8) is 0 Å². The Morgan fingerprint density at radius 2 is 2.00 bits per heavy atom. The summed E-state index contributed by atoms with van der Waals surface area (Å²) in [5.74, 6) is 0.855. The van der Waals surface area contributed by atoms with Gasteiger partial charge in [-0.25, -0.2) is 4.98 Å². The van der Waals surface area contributed by atoms with Crippen molar-refractivity contribution in [3.05, 3.63) is 23.9 Å². The molecule has 1 amide bonds. The van der Waals surface area contributed by atoms with Crippen LogP contribution in [0, 0.1) is 5.41 Å². The first kappa shape index (κ1) is 14.8. The average molecular weight is 275 g/mol. The molecular weight excluding hydrogens is 250 g/mol. The number of rotatable bonds is 3.